The molecule has 126 valence electrons. The van der Waals surface area contributed by atoms with E-state index in [9.17, 15) is 4.79 Å². The van der Waals surface area contributed by atoms with Gasteiger partial charge in [0.2, 0.25) is 5.13 Å². The Kier molecular flexibility index (Phi) is 4.06. The number of carbonyl (C=O) groups excluding carboxylic acids is 1. The van der Waals surface area contributed by atoms with E-state index in [0.717, 1.165) is 20.4 Å². The summed E-state index contributed by atoms with van der Waals surface area (Å²) in [6, 6.07) is 9.42. The second-order valence-electron chi connectivity index (χ2n) is 5.82. The molecule has 0 aliphatic rings. The van der Waals surface area contributed by atoms with Crippen molar-refractivity contribution in [2.45, 2.75) is 19.8 Å². The molecule has 0 saturated heterocycles. The Balaban J connectivity index is 1.58. The van der Waals surface area contributed by atoms with Crippen LogP contribution in [0.15, 0.2) is 42.7 Å². The minimum Gasteiger partial charge on any atom is -0.300 e. The maximum Gasteiger partial charge on any atom is 0.257 e. The van der Waals surface area contributed by atoms with Crippen LogP contribution in [0, 0.1) is 0 Å². The number of hydrogen-bond donors (Lipinski definition) is 1. The highest BCUT2D eigenvalue weighted by Gasteiger charge is 2.13. The van der Waals surface area contributed by atoms with E-state index in [0.29, 0.717) is 16.6 Å². The number of benzene rings is 1. The summed E-state index contributed by atoms with van der Waals surface area (Å²) >= 11 is 2.95. The highest BCUT2D eigenvalue weighted by atomic mass is 32.1. The molecule has 0 unspecified atom stereocenters. The van der Waals surface area contributed by atoms with Gasteiger partial charge in [0.25, 0.3) is 5.91 Å². The van der Waals surface area contributed by atoms with Gasteiger partial charge >= 0.3 is 0 Å². The quantitative estimate of drug-likeness (QED) is 0.582. The third-order valence-electron chi connectivity index (χ3n) is 3.62. The molecule has 3 aromatic heterocycles. The van der Waals surface area contributed by atoms with Gasteiger partial charge < -0.3 is 4.57 Å². The summed E-state index contributed by atoms with van der Waals surface area (Å²) in [5.41, 5.74) is 1.46. The van der Waals surface area contributed by atoms with Crippen LogP contribution in [0.3, 0.4) is 0 Å². The van der Waals surface area contributed by atoms with Crippen molar-refractivity contribution in [1.29, 1.82) is 0 Å². The van der Waals surface area contributed by atoms with Crippen LogP contribution in [-0.2, 0) is 0 Å². The Labute approximate surface area is 152 Å². The van der Waals surface area contributed by atoms with E-state index in [1.54, 1.807) is 17.4 Å². The van der Waals surface area contributed by atoms with Crippen LogP contribution < -0.4 is 5.32 Å². The number of hydrogen-bond acceptors (Lipinski definition) is 6. The molecular formula is C17H15N5OS2. The molecule has 6 nitrogen and oxygen atoms in total. The second kappa shape index (κ2) is 6.38. The third-order valence-corrected chi connectivity index (χ3v) is 5.79. The van der Waals surface area contributed by atoms with Crippen LogP contribution in [0.25, 0.3) is 15.3 Å². The molecular weight excluding hydrogens is 354 g/mol. The number of aromatic nitrogens is 4. The fraction of sp³-hybridized carbons (Fsp3) is 0.176. The van der Waals surface area contributed by atoms with Crippen molar-refractivity contribution in [1.82, 2.24) is 19.7 Å². The molecule has 1 aromatic carbocycles. The fourth-order valence-corrected chi connectivity index (χ4v) is 4.03. The van der Waals surface area contributed by atoms with E-state index < -0.39 is 0 Å². The van der Waals surface area contributed by atoms with Gasteiger partial charge in [0, 0.05) is 23.9 Å². The lowest BCUT2D eigenvalue weighted by Crippen LogP contribution is -2.11. The third kappa shape index (κ3) is 3.18. The Morgan fingerprint density at radius 1 is 1.16 bits per heavy atom. The minimum atomic E-state index is -0.190. The van der Waals surface area contributed by atoms with Crippen LogP contribution in [0.4, 0.5) is 5.13 Å². The Morgan fingerprint density at radius 2 is 1.96 bits per heavy atom. The lowest BCUT2D eigenvalue weighted by atomic mass is 10.2. The van der Waals surface area contributed by atoms with Crippen molar-refractivity contribution in [2.24, 2.45) is 0 Å². The van der Waals surface area contributed by atoms with Gasteiger partial charge in [0.15, 0.2) is 5.13 Å². The van der Waals surface area contributed by atoms with Gasteiger partial charge in [0.05, 0.1) is 10.2 Å². The molecule has 0 spiro atoms. The highest BCUT2D eigenvalue weighted by Crippen LogP contribution is 2.27. The normalized spacial score (nSPS) is 11.3. The van der Waals surface area contributed by atoms with E-state index in [1.165, 1.54) is 11.3 Å². The fourth-order valence-electron chi connectivity index (χ4n) is 2.31. The molecule has 0 atom stereocenters. The summed E-state index contributed by atoms with van der Waals surface area (Å²) in [5, 5.41) is 13.2. The summed E-state index contributed by atoms with van der Waals surface area (Å²) in [6.07, 6.45) is 3.90. The van der Waals surface area contributed by atoms with Crippen LogP contribution in [0.1, 0.15) is 35.1 Å². The SMILES string of the molecule is CC(C)c1nnc(NC(=O)c2ccc3nc(-n4cccc4)sc3c2)s1. The van der Waals surface area contributed by atoms with Crippen molar-refractivity contribution in [2.75, 3.05) is 5.32 Å². The molecule has 4 rings (SSSR count). The first-order valence-corrected chi connectivity index (χ1v) is 9.42. The number of carbonyl (C=O) groups is 1. The molecule has 0 saturated carbocycles. The van der Waals surface area contributed by atoms with Gasteiger partial charge in [0.1, 0.15) is 5.01 Å². The predicted molar refractivity (Wildman–Crippen MR) is 101 cm³/mol. The van der Waals surface area contributed by atoms with Gasteiger partial charge in [-0.05, 0) is 30.3 Å². The van der Waals surface area contributed by atoms with E-state index in [4.69, 9.17) is 0 Å². The first-order chi connectivity index (χ1) is 12.1. The monoisotopic (exact) mass is 369 g/mol. The highest BCUT2D eigenvalue weighted by molar-refractivity contribution is 7.20. The number of nitrogens with zero attached hydrogens (tertiary/aromatic N) is 4. The molecule has 8 heteroatoms. The lowest BCUT2D eigenvalue weighted by molar-refractivity contribution is 0.102. The van der Waals surface area contributed by atoms with Crippen molar-refractivity contribution in [3.63, 3.8) is 0 Å². The average Bonchev–Trinajstić information content (AvgIpc) is 3.33. The average molecular weight is 369 g/mol. The maximum absolute atomic E-state index is 12.5. The number of nitrogens with one attached hydrogen (secondary N) is 1. The minimum absolute atomic E-state index is 0.190. The number of anilines is 1. The molecule has 0 aliphatic carbocycles. The molecule has 4 aromatic rings. The number of fused-ring (bicyclic) bond motifs is 1. The number of rotatable bonds is 4. The van der Waals surface area contributed by atoms with Crippen molar-refractivity contribution in [3.8, 4) is 5.13 Å². The Hall–Kier alpha value is -2.58. The molecule has 0 aliphatic heterocycles. The smallest absolute Gasteiger partial charge is 0.257 e. The molecule has 0 bridgehead atoms. The molecule has 0 fully saturated rings. The lowest BCUT2D eigenvalue weighted by Gasteiger charge is -2.01. The van der Waals surface area contributed by atoms with E-state index in [-0.39, 0.29) is 5.91 Å². The summed E-state index contributed by atoms with van der Waals surface area (Å²) in [4.78, 5) is 17.1. The molecule has 1 N–H and O–H groups in total. The second-order valence-corrected chi connectivity index (χ2v) is 7.84. The Morgan fingerprint density at radius 3 is 2.68 bits per heavy atom. The maximum atomic E-state index is 12.5. The summed E-state index contributed by atoms with van der Waals surface area (Å²) in [5.74, 6) is 0.105. The van der Waals surface area contributed by atoms with Crippen molar-refractivity contribution < 1.29 is 4.79 Å². The van der Waals surface area contributed by atoms with Gasteiger partial charge in [-0.15, -0.1) is 10.2 Å². The number of thiazole rings is 1. The largest absolute Gasteiger partial charge is 0.300 e. The van der Waals surface area contributed by atoms with E-state index >= 15 is 0 Å². The van der Waals surface area contributed by atoms with Crippen molar-refractivity contribution >= 4 is 43.9 Å². The molecule has 25 heavy (non-hydrogen) atoms. The standard InChI is InChI=1S/C17H15N5OS2/c1-10(2)15-20-21-16(25-15)19-14(23)11-5-6-12-13(9-11)24-17(18-12)22-7-3-4-8-22/h3-10H,1-2H3,(H,19,21,23). The van der Waals surface area contributed by atoms with Crippen LogP contribution in [0.2, 0.25) is 0 Å². The van der Waals surface area contributed by atoms with E-state index in [2.05, 4.69) is 20.5 Å². The summed E-state index contributed by atoms with van der Waals surface area (Å²) in [7, 11) is 0. The predicted octanol–water partition coefficient (Wildman–Crippen LogP) is 4.31. The molecule has 1 amide bonds. The first kappa shape index (κ1) is 15.9. The first-order valence-electron chi connectivity index (χ1n) is 7.79. The topological polar surface area (TPSA) is 72.7 Å². The van der Waals surface area contributed by atoms with E-state index in [1.807, 2.05) is 55.1 Å². The molecule has 0 radical (unpaired) electrons. The zero-order valence-electron chi connectivity index (χ0n) is 13.6. The van der Waals surface area contributed by atoms with Crippen molar-refractivity contribution in [3.05, 3.63) is 53.3 Å². The Bertz CT molecular complexity index is 1030. The van der Waals surface area contributed by atoms with Gasteiger partial charge in [-0.3, -0.25) is 10.1 Å². The molecule has 3 heterocycles. The summed E-state index contributed by atoms with van der Waals surface area (Å²) in [6.45, 7) is 4.10. The zero-order chi connectivity index (χ0) is 17.4. The van der Waals surface area contributed by atoms with Gasteiger partial charge in [-0.1, -0.05) is 36.5 Å². The van der Waals surface area contributed by atoms with Crippen LogP contribution >= 0.6 is 22.7 Å². The summed E-state index contributed by atoms with van der Waals surface area (Å²) < 4.78 is 2.93. The van der Waals surface area contributed by atoms with Gasteiger partial charge in [-0.25, -0.2) is 4.98 Å². The van der Waals surface area contributed by atoms with Gasteiger partial charge in [-0.2, -0.15) is 0 Å². The number of amides is 1. The van der Waals surface area contributed by atoms with Crippen LogP contribution in [0.5, 0.6) is 0 Å². The zero-order valence-corrected chi connectivity index (χ0v) is 15.3. The van der Waals surface area contributed by atoms with Crippen LogP contribution in [-0.4, -0.2) is 25.7 Å².